The van der Waals surface area contributed by atoms with Gasteiger partial charge in [-0.2, -0.15) is 0 Å². The molecule has 0 spiro atoms. The molecule has 0 aliphatic carbocycles. The van der Waals surface area contributed by atoms with E-state index in [1.54, 1.807) is 0 Å². The van der Waals surface area contributed by atoms with Crippen LogP contribution in [0.1, 0.15) is 24.0 Å². The number of fused-ring (bicyclic) bond motifs is 5. The second-order valence-electron chi connectivity index (χ2n) is 15.5. The average Bonchev–Trinajstić information content (AvgIpc) is 3.27. The van der Waals surface area contributed by atoms with Crippen molar-refractivity contribution in [2.45, 2.75) is 25.7 Å². The Bertz CT molecular complexity index is 2940. The van der Waals surface area contributed by atoms with Crippen LogP contribution in [0.25, 0.3) is 65.7 Å². The zero-order chi connectivity index (χ0) is 37.0. The SMILES string of the molecule is c1ccc(-c2c3ccc(N4CCCc5ccccc54)cc3c(-c3cccc(-c4cccc5ccccc45)c3)c3ccc(N4CCCc5ccccc54)cc23)cc1. The summed E-state index contributed by atoms with van der Waals surface area (Å²) in [5.74, 6) is 0. The maximum absolute atomic E-state index is 2.54. The number of benzene rings is 9. The second kappa shape index (κ2) is 13.6. The molecule has 9 aromatic carbocycles. The van der Waals surface area contributed by atoms with Crippen LogP contribution in [-0.2, 0) is 12.8 Å². The molecule has 0 bridgehead atoms. The van der Waals surface area contributed by atoms with Gasteiger partial charge in [-0.25, -0.2) is 0 Å². The first-order chi connectivity index (χ1) is 27.8. The summed E-state index contributed by atoms with van der Waals surface area (Å²) in [4.78, 5) is 5.08. The van der Waals surface area contributed by atoms with E-state index in [1.165, 1.54) is 99.6 Å². The molecule has 268 valence electrons. The summed E-state index contributed by atoms with van der Waals surface area (Å²) in [5.41, 5.74) is 15.6. The number of hydrogen-bond acceptors (Lipinski definition) is 2. The lowest BCUT2D eigenvalue weighted by molar-refractivity contribution is 0.767. The van der Waals surface area contributed by atoms with Gasteiger partial charge in [-0.3, -0.25) is 0 Å². The zero-order valence-electron chi connectivity index (χ0n) is 31.5. The molecule has 0 unspecified atom stereocenters. The van der Waals surface area contributed by atoms with Crippen LogP contribution in [0.2, 0.25) is 0 Å². The normalized spacial score (nSPS) is 13.9. The predicted octanol–water partition coefficient (Wildman–Crippen LogP) is 14.3. The fraction of sp³-hybridized carbons (Fsp3) is 0.111. The molecular weight excluding hydrogens is 677 g/mol. The molecule has 11 rings (SSSR count). The summed E-state index contributed by atoms with van der Waals surface area (Å²) in [7, 11) is 0. The maximum atomic E-state index is 2.54. The van der Waals surface area contributed by atoms with Crippen LogP contribution in [0.5, 0.6) is 0 Å². The first-order valence-corrected chi connectivity index (χ1v) is 20.2. The highest BCUT2D eigenvalue weighted by atomic mass is 15.1. The fourth-order valence-corrected chi connectivity index (χ4v) is 9.69. The highest BCUT2D eigenvalue weighted by Crippen LogP contribution is 2.48. The largest absolute Gasteiger partial charge is 0.341 e. The standard InChI is InChI=1S/C54H42N2/c1-2-17-40(18-3-1)53-47-30-28-44(56-33-13-23-39-16-6-9-27-52(39)56)36-50(47)54(42-21-10-20-41(34-42)46-25-11-19-37-14-4-7-24-45(37)46)48-31-29-43(35-49(48)53)55-32-12-22-38-15-5-8-26-51(38)55/h1-11,14-21,24-31,34-36H,12-13,22-23,32-33H2. The number of nitrogens with zero attached hydrogens (tertiary/aromatic N) is 2. The van der Waals surface area contributed by atoms with E-state index in [2.05, 4.69) is 192 Å². The van der Waals surface area contributed by atoms with Crippen molar-refractivity contribution >= 4 is 55.1 Å². The summed E-state index contributed by atoms with van der Waals surface area (Å²) >= 11 is 0. The predicted molar refractivity (Wildman–Crippen MR) is 239 cm³/mol. The molecular formula is C54H42N2. The monoisotopic (exact) mass is 718 g/mol. The maximum Gasteiger partial charge on any atom is 0.0443 e. The van der Waals surface area contributed by atoms with E-state index in [1.807, 2.05) is 0 Å². The van der Waals surface area contributed by atoms with E-state index < -0.39 is 0 Å². The Morgan fingerprint density at radius 1 is 0.339 bits per heavy atom. The van der Waals surface area contributed by atoms with E-state index in [0.29, 0.717) is 0 Å². The minimum atomic E-state index is 1.01. The van der Waals surface area contributed by atoms with Crippen molar-refractivity contribution in [3.05, 3.63) is 193 Å². The molecule has 0 amide bonds. The smallest absolute Gasteiger partial charge is 0.0443 e. The first kappa shape index (κ1) is 32.8. The fourth-order valence-electron chi connectivity index (χ4n) is 9.69. The van der Waals surface area contributed by atoms with Gasteiger partial charge in [0.25, 0.3) is 0 Å². The Hall–Kier alpha value is -6.64. The Kier molecular flexibility index (Phi) is 7.95. The van der Waals surface area contributed by atoms with Crippen LogP contribution < -0.4 is 9.80 Å². The molecule has 2 heteroatoms. The molecule has 2 aliphatic rings. The van der Waals surface area contributed by atoms with Gasteiger partial charge in [0, 0.05) is 35.8 Å². The second-order valence-corrected chi connectivity index (χ2v) is 15.5. The van der Waals surface area contributed by atoms with Gasteiger partial charge in [-0.1, -0.05) is 140 Å². The lowest BCUT2D eigenvalue weighted by Crippen LogP contribution is -2.24. The van der Waals surface area contributed by atoms with Gasteiger partial charge in [-0.15, -0.1) is 0 Å². The van der Waals surface area contributed by atoms with E-state index in [0.717, 1.165) is 38.8 Å². The molecule has 2 heterocycles. The average molecular weight is 719 g/mol. The van der Waals surface area contributed by atoms with Crippen LogP contribution >= 0.6 is 0 Å². The molecule has 56 heavy (non-hydrogen) atoms. The molecule has 0 fully saturated rings. The van der Waals surface area contributed by atoms with Gasteiger partial charge in [0.1, 0.15) is 0 Å². The Balaban J connectivity index is 1.21. The minimum absolute atomic E-state index is 1.01. The van der Waals surface area contributed by atoms with Gasteiger partial charge in [0.05, 0.1) is 0 Å². The number of anilines is 4. The van der Waals surface area contributed by atoms with Gasteiger partial charge in [-0.05, 0) is 145 Å². The van der Waals surface area contributed by atoms with Crippen LogP contribution in [0.4, 0.5) is 22.7 Å². The van der Waals surface area contributed by atoms with Crippen LogP contribution in [0, 0.1) is 0 Å². The Labute approximate surface area is 328 Å². The molecule has 0 saturated carbocycles. The molecule has 0 N–H and O–H groups in total. The highest BCUT2D eigenvalue weighted by molar-refractivity contribution is 6.22. The minimum Gasteiger partial charge on any atom is -0.341 e. The molecule has 2 aliphatic heterocycles. The third kappa shape index (κ3) is 5.47. The Morgan fingerprint density at radius 3 is 1.54 bits per heavy atom. The van der Waals surface area contributed by atoms with Crippen molar-refractivity contribution in [2.75, 3.05) is 22.9 Å². The van der Waals surface area contributed by atoms with Crippen LogP contribution in [0.3, 0.4) is 0 Å². The molecule has 0 radical (unpaired) electrons. The third-order valence-corrected chi connectivity index (χ3v) is 12.2. The lowest BCUT2D eigenvalue weighted by Gasteiger charge is -2.32. The van der Waals surface area contributed by atoms with Crippen molar-refractivity contribution in [1.82, 2.24) is 0 Å². The van der Waals surface area contributed by atoms with Crippen LogP contribution in [0.15, 0.2) is 182 Å². The van der Waals surface area contributed by atoms with Crippen LogP contribution in [-0.4, -0.2) is 13.1 Å². The summed E-state index contributed by atoms with van der Waals surface area (Å²) in [6.07, 6.45) is 4.54. The molecule has 0 saturated heterocycles. The topological polar surface area (TPSA) is 6.48 Å². The van der Waals surface area contributed by atoms with E-state index in [4.69, 9.17) is 0 Å². The number of para-hydroxylation sites is 2. The number of hydrogen-bond donors (Lipinski definition) is 0. The number of rotatable bonds is 5. The van der Waals surface area contributed by atoms with Crippen molar-refractivity contribution in [3.63, 3.8) is 0 Å². The molecule has 9 aromatic rings. The van der Waals surface area contributed by atoms with Crippen molar-refractivity contribution in [3.8, 4) is 33.4 Å². The third-order valence-electron chi connectivity index (χ3n) is 12.2. The Morgan fingerprint density at radius 2 is 0.857 bits per heavy atom. The van der Waals surface area contributed by atoms with E-state index in [-0.39, 0.29) is 0 Å². The van der Waals surface area contributed by atoms with Gasteiger partial charge in [0.2, 0.25) is 0 Å². The quantitative estimate of drug-likeness (QED) is 0.164. The summed E-state index contributed by atoms with van der Waals surface area (Å²) < 4.78 is 0. The zero-order valence-corrected chi connectivity index (χ0v) is 31.5. The van der Waals surface area contributed by atoms with Gasteiger partial charge < -0.3 is 9.80 Å². The molecule has 2 nitrogen and oxygen atoms in total. The summed E-state index contributed by atoms with van der Waals surface area (Å²) in [5, 5.41) is 7.65. The number of aryl methyl sites for hydroxylation is 2. The van der Waals surface area contributed by atoms with E-state index in [9.17, 15) is 0 Å². The van der Waals surface area contributed by atoms with Gasteiger partial charge >= 0.3 is 0 Å². The highest BCUT2D eigenvalue weighted by Gasteiger charge is 2.24. The van der Waals surface area contributed by atoms with Crippen molar-refractivity contribution in [2.24, 2.45) is 0 Å². The van der Waals surface area contributed by atoms with Gasteiger partial charge in [0.15, 0.2) is 0 Å². The first-order valence-electron chi connectivity index (χ1n) is 20.2. The van der Waals surface area contributed by atoms with Crippen molar-refractivity contribution < 1.29 is 0 Å². The van der Waals surface area contributed by atoms with E-state index >= 15 is 0 Å². The molecule has 0 aromatic heterocycles. The lowest BCUT2D eigenvalue weighted by atomic mass is 9.84. The molecule has 0 atom stereocenters. The summed E-state index contributed by atoms with van der Waals surface area (Å²) in [6, 6.07) is 68.2. The summed E-state index contributed by atoms with van der Waals surface area (Å²) in [6.45, 7) is 2.02. The van der Waals surface area contributed by atoms with Crippen molar-refractivity contribution in [1.29, 1.82) is 0 Å².